The summed E-state index contributed by atoms with van der Waals surface area (Å²) in [6.07, 6.45) is 1.82. The normalized spacial score (nSPS) is 35.1. The first-order valence-corrected chi connectivity index (χ1v) is 5.28. The molecule has 2 fully saturated rings. The monoisotopic (exact) mass is 214 g/mol. The van der Waals surface area contributed by atoms with Gasteiger partial charge < -0.3 is 18.9 Å². The van der Waals surface area contributed by atoms with Crippen molar-refractivity contribution in [2.75, 3.05) is 19.8 Å². The van der Waals surface area contributed by atoms with Gasteiger partial charge in [0.05, 0.1) is 19.8 Å². The molecule has 0 radical (unpaired) electrons. The van der Waals surface area contributed by atoms with Gasteiger partial charge in [-0.2, -0.15) is 0 Å². The van der Waals surface area contributed by atoms with Gasteiger partial charge in [0.1, 0.15) is 18.3 Å². The number of rotatable bonds is 5. The molecule has 2 aliphatic heterocycles. The summed E-state index contributed by atoms with van der Waals surface area (Å²) in [6.45, 7) is 9.28. The van der Waals surface area contributed by atoms with Gasteiger partial charge in [0.25, 0.3) is 0 Å². The van der Waals surface area contributed by atoms with Gasteiger partial charge >= 0.3 is 0 Å². The molecule has 0 bridgehead atoms. The second kappa shape index (κ2) is 4.22. The highest BCUT2D eigenvalue weighted by molar-refractivity contribution is 4.90. The highest BCUT2D eigenvalue weighted by Crippen LogP contribution is 2.30. The van der Waals surface area contributed by atoms with Crippen LogP contribution in [0.15, 0.2) is 12.7 Å². The Bertz CT molecular complexity index is 235. The number of epoxide rings is 1. The second-order valence-electron chi connectivity index (χ2n) is 4.33. The molecule has 0 aromatic heterocycles. The molecule has 0 aliphatic carbocycles. The van der Waals surface area contributed by atoms with Crippen molar-refractivity contribution in [3.05, 3.63) is 12.7 Å². The maximum absolute atomic E-state index is 5.75. The van der Waals surface area contributed by atoms with E-state index in [2.05, 4.69) is 6.58 Å². The third kappa shape index (κ3) is 2.78. The fourth-order valence-corrected chi connectivity index (χ4v) is 1.76. The quantitative estimate of drug-likeness (QED) is 0.507. The van der Waals surface area contributed by atoms with Crippen molar-refractivity contribution >= 4 is 0 Å². The van der Waals surface area contributed by atoms with Crippen molar-refractivity contribution in [2.45, 2.75) is 37.9 Å². The topological polar surface area (TPSA) is 40.2 Å². The van der Waals surface area contributed by atoms with E-state index in [1.807, 2.05) is 13.8 Å². The van der Waals surface area contributed by atoms with E-state index in [0.29, 0.717) is 13.2 Å². The van der Waals surface area contributed by atoms with Crippen LogP contribution in [0.5, 0.6) is 0 Å². The molecule has 0 saturated carbocycles. The van der Waals surface area contributed by atoms with Gasteiger partial charge in [0, 0.05) is 0 Å². The van der Waals surface area contributed by atoms with Crippen LogP contribution in [-0.4, -0.2) is 43.9 Å². The summed E-state index contributed by atoms with van der Waals surface area (Å²) in [5.41, 5.74) is 0. The van der Waals surface area contributed by atoms with Gasteiger partial charge in [0.2, 0.25) is 0 Å². The van der Waals surface area contributed by atoms with Gasteiger partial charge in [-0.05, 0) is 13.8 Å². The summed E-state index contributed by atoms with van der Waals surface area (Å²) in [7, 11) is 0. The molecular weight excluding hydrogens is 196 g/mol. The van der Waals surface area contributed by atoms with E-state index < -0.39 is 5.79 Å². The highest BCUT2D eigenvalue weighted by atomic mass is 16.8. The highest BCUT2D eigenvalue weighted by Gasteiger charge is 2.45. The molecule has 2 rings (SSSR count). The summed E-state index contributed by atoms with van der Waals surface area (Å²) in [5.74, 6) is -0.505. The zero-order valence-corrected chi connectivity index (χ0v) is 9.27. The van der Waals surface area contributed by atoms with E-state index in [-0.39, 0.29) is 18.3 Å². The van der Waals surface area contributed by atoms with Crippen LogP contribution in [0.2, 0.25) is 0 Å². The van der Waals surface area contributed by atoms with Crippen LogP contribution in [0.25, 0.3) is 0 Å². The minimum atomic E-state index is -0.505. The zero-order chi connectivity index (χ0) is 10.9. The van der Waals surface area contributed by atoms with E-state index in [9.17, 15) is 0 Å². The summed E-state index contributed by atoms with van der Waals surface area (Å²) in [5, 5.41) is 0. The average molecular weight is 214 g/mol. The third-order valence-corrected chi connectivity index (χ3v) is 2.53. The fraction of sp³-hybridized carbons (Fsp3) is 0.818. The van der Waals surface area contributed by atoms with Crippen LogP contribution in [0, 0.1) is 0 Å². The van der Waals surface area contributed by atoms with Crippen molar-refractivity contribution in [3.8, 4) is 0 Å². The third-order valence-electron chi connectivity index (χ3n) is 2.53. The zero-order valence-electron chi connectivity index (χ0n) is 9.27. The van der Waals surface area contributed by atoms with Gasteiger partial charge in [-0.25, -0.2) is 0 Å². The van der Waals surface area contributed by atoms with Crippen LogP contribution in [0.3, 0.4) is 0 Å². The number of hydrogen-bond acceptors (Lipinski definition) is 4. The van der Waals surface area contributed by atoms with Gasteiger partial charge in [0.15, 0.2) is 5.79 Å². The van der Waals surface area contributed by atoms with Crippen LogP contribution < -0.4 is 0 Å². The van der Waals surface area contributed by atoms with Crippen LogP contribution >= 0.6 is 0 Å². The first kappa shape index (κ1) is 11.1. The molecule has 2 saturated heterocycles. The van der Waals surface area contributed by atoms with E-state index in [1.54, 1.807) is 6.08 Å². The maximum atomic E-state index is 5.75. The molecule has 0 amide bonds. The molecule has 2 heterocycles. The van der Waals surface area contributed by atoms with Gasteiger partial charge in [-0.3, -0.25) is 0 Å². The first-order chi connectivity index (χ1) is 7.12. The van der Waals surface area contributed by atoms with Crippen molar-refractivity contribution in [1.82, 2.24) is 0 Å². The summed E-state index contributed by atoms with van der Waals surface area (Å²) in [4.78, 5) is 0. The Labute approximate surface area is 90.1 Å². The van der Waals surface area contributed by atoms with Crippen LogP contribution in [0.1, 0.15) is 13.8 Å². The minimum absolute atomic E-state index is 0.0348. The largest absolute Gasteiger partial charge is 0.370 e. The van der Waals surface area contributed by atoms with E-state index in [4.69, 9.17) is 18.9 Å². The van der Waals surface area contributed by atoms with Crippen molar-refractivity contribution in [3.63, 3.8) is 0 Å². The van der Waals surface area contributed by atoms with Crippen LogP contribution in [-0.2, 0) is 18.9 Å². The molecule has 86 valence electrons. The molecule has 0 spiro atoms. The lowest BCUT2D eigenvalue weighted by Gasteiger charge is -2.22. The van der Waals surface area contributed by atoms with E-state index in [1.165, 1.54) is 0 Å². The maximum Gasteiger partial charge on any atom is 0.163 e. The molecule has 3 atom stereocenters. The summed E-state index contributed by atoms with van der Waals surface area (Å²) in [6, 6.07) is 0. The Hall–Kier alpha value is -0.420. The fourth-order valence-electron chi connectivity index (χ4n) is 1.76. The molecule has 0 unspecified atom stereocenters. The molecule has 0 aromatic rings. The lowest BCUT2D eigenvalue weighted by Crippen LogP contribution is -2.37. The summed E-state index contributed by atoms with van der Waals surface area (Å²) < 4.78 is 22.2. The Kier molecular flexibility index (Phi) is 3.11. The SMILES string of the molecule is C=CCO[C@@H]([C@H]1CO1)[C@H]1COC(C)(C)O1. The second-order valence-corrected chi connectivity index (χ2v) is 4.33. The van der Waals surface area contributed by atoms with Gasteiger partial charge in [-0.1, -0.05) is 6.08 Å². The first-order valence-electron chi connectivity index (χ1n) is 5.28. The Morgan fingerprint density at radius 2 is 2.20 bits per heavy atom. The number of ether oxygens (including phenoxy) is 4. The van der Waals surface area contributed by atoms with Crippen molar-refractivity contribution in [2.24, 2.45) is 0 Å². The summed E-state index contributed by atoms with van der Waals surface area (Å²) >= 11 is 0. The average Bonchev–Trinajstić information content (AvgIpc) is 2.93. The minimum Gasteiger partial charge on any atom is -0.370 e. The lowest BCUT2D eigenvalue weighted by molar-refractivity contribution is -0.157. The molecule has 4 heteroatoms. The van der Waals surface area contributed by atoms with Crippen LogP contribution in [0.4, 0.5) is 0 Å². The standard InChI is InChI=1S/C11H18O4/c1-4-5-12-10(8-6-13-8)9-7-14-11(2,3)15-9/h4,8-10H,1,5-7H2,2-3H3/t8-,9-,10+/m1/s1. The Morgan fingerprint density at radius 1 is 1.47 bits per heavy atom. The molecular formula is C11H18O4. The lowest BCUT2D eigenvalue weighted by atomic mass is 10.1. The molecule has 2 aliphatic rings. The van der Waals surface area contributed by atoms with E-state index in [0.717, 1.165) is 6.61 Å². The Morgan fingerprint density at radius 3 is 2.67 bits per heavy atom. The van der Waals surface area contributed by atoms with Crippen molar-refractivity contribution < 1.29 is 18.9 Å². The van der Waals surface area contributed by atoms with Gasteiger partial charge in [-0.15, -0.1) is 6.58 Å². The predicted molar refractivity (Wildman–Crippen MR) is 54.6 cm³/mol. The van der Waals surface area contributed by atoms with E-state index >= 15 is 0 Å². The molecule has 0 aromatic carbocycles. The smallest absolute Gasteiger partial charge is 0.163 e. The Balaban J connectivity index is 1.90. The number of hydrogen-bond donors (Lipinski definition) is 0. The predicted octanol–water partition coefficient (Wildman–Crippen LogP) is 1.11. The molecule has 4 nitrogen and oxygen atoms in total. The molecule has 15 heavy (non-hydrogen) atoms. The molecule has 0 N–H and O–H groups in total. The van der Waals surface area contributed by atoms with Crippen molar-refractivity contribution in [1.29, 1.82) is 0 Å².